The van der Waals surface area contributed by atoms with Crippen molar-refractivity contribution < 1.29 is 18.7 Å². The molecular formula is C26H20ClFN6O3S2. The van der Waals surface area contributed by atoms with Crippen molar-refractivity contribution in [2.45, 2.75) is 29.0 Å². The van der Waals surface area contributed by atoms with Gasteiger partial charge in [-0.05, 0) is 42.7 Å². The summed E-state index contributed by atoms with van der Waals surface area (Å²) in [6.07, 6.45) is 3.19. The second-order valence-electron chi connectivity index (χ2n) is 8.55. The van der Waals surface area contributed by atoms with Crippen LogP contribution in [0.2, 0.25) is 5.15 Å². The minimum atomic E-state index is -0.808. The average Bonchev–Trinajstić information content (AvgIpc) is 3.52. The first-order valence-electron chi connectivity index (χ1n) is 11.5. The van der Waals surface area contributed by atoms with E-state index in [1.807, 2.05) is 12.1 Å². The highest BCUT2D eigenvalue weighted by Crippen LogP contribution is 2.44. The predicted molar refractivity (Wildman–Crippen MR) is 146 cm³/mol. The molecule has 0 spiro atoms. The second-order valence-corrected chi connectivity index (χ2v) is 11.4. The van der Waals surface area contributed by atoms with E-state index < -0.39 is 11.7 Å². The second kappa shape index (κ2) is 11.2. The maximum atomic E-state index is 15.1. The standard InChI is InChI=1S/C26H20ClFN6O3S2/c1-12-6-16(20-18(36-2)11-31-23(27)21(20)28)17(10-30-12)24(35)32-25-33-34-26(39-25)38-19-8-14-5-4-13(9-29)7-15(14)22(19)37-3/h4-7,10-11,19,22H,8H2,1-3H3,(H,32,33,35)/t19-,22+/m0/s1. The smallest absolute Gasteiger partial charge is 0.259 e. The van der Waals surface area contributed by atoms with Gasteiger partial charge >= 0.3 is 0 Å². The number of carbonyl (C=O) groups excluding carboxylic acids is 1. The molecule has 1 aliphatic carbocycles. The number of carbonyl (C=O) groups is 1. The molecule has 198 valence electrons. The van der Waals surface area contributed by atoms with E-state index in [9.17, 15) is 10.1 Å². The molecule has 0 fully saturated rings. The third-order valence-corrected chi connectivity index (χ3v) is 8.63. The van der Waals surface area contributed by atoms with Crippen LogP contribution >= 0.6 is 34.7 Å². The van der Waals surface area contributed by atoms with Crippen LogP contribution in [0.25, 0.3) is 11.1 Å². The number of hydrogen-bond donors (Lipinski definition) is 1. The lowest BCUT2D eigenvalue weighted by molar-refractivity contribution is 0.102. The van der Waals surface area contributed by atoms with Gasteiger partial charge in [0, 0.05) is 29.8 Å². The summed E-state index contributed by atoms with van der Waals surface area (Å²) in [4.78, 5) is 21.3. The highest BCUT2D eigenvalue weighted by Gasteiger charge is 2.34. The van der Waals surface area contributed by atoms with Gasteiger partial charge in [0.15, 0.2) is 15.3 Å². The Morgan fingerprint density at radius 2 is 2.08 bits per heavy atom. The number of thioether (sulfide) groups is 1. The van der Waals surface area contributed by atoms with Gasteiger partial charge < -0.3 is 9.47 Å². The monoisotopic (exact) mass is 582 g/mol. The molecule has 1 amide bonds. The number of aromatic nitrogens is 4. The maximum Gasteiger partial charge on any atom is 0.259 e. The number of pyridine rings is 2. The molecule has 0 saturated carbocycles. The molecule has 3 heterocycles. The Labute approximate surface area is 236 Å². The van der Waals surface area contributed by atoms with Gasteiger partial charge in [-0.3, -0.25) is 15.1 Å². The molecule has 5 rings (SSSR count). The number of aryl methyl sites for hydroxylation is 1. The molecule has 3 aromatic heterocycles. The summed E-state index contributed by atoms with van der Waals surface area (Å²) in [5, 5.41) is 20.3. The Bertz CT molecular complexity index is 1630. The minimum absolute atomic E-state index is 0.00706. The van der Waals surface area contributed by atoms with Crippen LogP contribution in [0.15, 0.2) is 41.0 Å². The van der Waals surface area contributed by atoms with Crippen LogP contribution in [0.4, 0.5) is 9.52 Å². The van der Waals surface area contributed by atoms with Gasteiger partial charge in [-0.2, -0.15) is 5.26 Å². The molecule has 4 aromatic rings. The molecule has 2 atom stereocenters. The number of nitrogens with one attached hydrogen (secondary N) is 1. The van der Waals surface area contributed by atoms with Crippen LogP contribution in [0.1, 0.15) is 38.8 Å². The summed E-state index contributed by atoms with van der Waals surface area (Å²) in [6.45, 7) is 1.72. The van der Waals surface area contributed by atoms with Crippen LogP contribution in [-0.2, 0) is 11.2 Å². The summed E-state index contributed by atoms with van der Waals surface area (Å²) >= 11 is 8.64. The fourth-order valence-corrected chi connectivity index (χ4v) is 6.83. The van der Waals surface area contributed by atoms with Gasteiger partial charge in [-0.15, -0.1) is 10.2 Å². The van der Waals surface area contributed by atoms with Crippen molar-refractivity contribution in [2.24, 2.45) is 0 Å². The van der Waals surface area contributed by atoms with Crippen LogP contribution in [0.5, 0.6) is 5.75 Å². The fourth-order valence-electron chi connectivity index (χ4n) is 4.42. The molecule has 1 N–H and O–H groups in total. The van der Waals surface area contributed by atoms with Crippen molar-refractivity contribution in [3.8, 4) is 22.9 Å². The van der Waals surface area contributed by atoms with E-state index in [0.29, 0.717) is 15.6 Å². The van der Waals surface area contributed by atoms with Crippen molar-refractivity contribution in [1.82, 2.24) is 20.2 Å². The Morgan fingerprint density at radius 1 is 1.26 bits per heavy atom. The zero-order valence-electron chi connectivity index (χ0n) is 20.9. The van der Waals surface area contributed by atoms with Gasteiger partial charge in [-0.25, -0.2) is 9.37 Å². The zero-order chi connectivity index (χ0) is 27.7. The molecule has 0 saturated heterocycles. The van der Waals surface area contributed by atoms with Crippen molar-refractivity contribution in [1.29, 1.82) is 5.26 Å². The molecule has 13 heteroatoms. The lowest BCUT2D eigenvalue weighted by Crippen LogP contribution is -2.14. The first kappa shape index (κ1) is 27.0. The summed E-state index contributed by atoms with van der Waals surface area (Å²) in [5.74, 6) is -1.23. The summed E-state index contributed by atoms with van der Waals surface area (Å²) in [7, 11) is 3.01. The quantitative estimate of drug-likeness (QED) is 0.218. The lowest BCUT2D eigenvalue weighted by atomic mass is 10.00. The van der Waals surface area contributed by atoms with Gasteiger partial charge in [-0.1, -0.05) is 40.8 Å². The molecule has 1 aliphatic rings. The number of halogens is 2. The summed E-state index contributed by atoms with van der Waals surface area (Å²) < 4.78 is 26.7. The molecule has 0 unspecified atom stereocenters. The highest BCUT2D eigenvalue weighted by atomic mass is 35.5. The number of anilines is 1. The van der Waals surface area contributed by atoms with Gasteiger partial charge in [0.1, 0.15) is 5.75 Å². The van der Waals surface area contributed by atoms with Crippen LogP contribution in [0, 0.1) is 24.1 Å². The molecule has 39 heavy (non-hydrogen) atoms. The Morgan fingerprint density at radius 3 is 2.82 bits per heavy atom. The molecular weight excluding hydrogens is 563 g/mol. The number of fused-ring (bicyclic) bond motifs is 1. The normalized spacial score (nSPS) is 16.0. The third kappa shape index (κ3) is 5.31. The van der Waals surface area contributed by atoms with Crippen LogP contribution < -0.4 is 10.1 Å². The number of nitriles is 1. The van der Waals surface area contributed by atoms with Crippen molar-refractivity contribution in [3.63, 3.8) is 0 Å². The SMILES string of the molecule is COc1cnc(Cl)c(F)c1-c1cc(C)ncc1C(=O)Nc1nnc(S[C@H]2Cc3ccc(C#N)cc3[C@H]2OC)s1. The number of benzene rings is 1. The van der Waals surface area contributed by atoms with E-state index in [2.05, 4.69) is 31.6 Å². The molecule has 9 nitrogen and oxygen atoms in total. The zero-order valence-corrected chi connectivity index (χ0v) is 23.2. The molecule has 0 radical (unpaired) electrons. The largest absolute Gasteiger partial charge is 0.494 e. The summed E-state index contributed by atoms with van der Waals surface area (Å²) in [5.41, 5.74) is 3.62. The van der Waals surface area contributed by atoms with Crippen molar-refractivity contribution in [3.05, 3.63) is 75.6 Å². The molecule has 0 bridgehead atoms. The predicted octanol–water partition coefficient (Wildman–Crippen LogP) is 5.63. The van der Waals surface area contributed by atoms with Crippen LogP contribution in [-0.4, -0.2) is 45.5 Å². The van der Waals surface area contributed by atoms with Crippen molar-refractivity contribution >= 4 is 45.7 Å². The molecule has 1 aromatic carbocycles. The van der Waals surface area contributed by atoms with E-state index >= 15 is 4.39 Å². The van der Waals surface area contributed by atoms with E-state index in [1.54, 1.807) is 26.2 Å². The maximum absolute atomic E-state index is 15.1. The Balaban J connectivity index is 1.37. The number of amides is 1. The van der Waals surface area contributed by atoms with Crippen LogP contribution in [0.3, 0.4) is 0 Å². The van der Waals surface area contributed by atoms with E-state index in [1.165, 1.54) is 42.6 Å². The first-order chi connectivity index (χ1) is 18.8. The Hall–Kier alpha value is -3.63. The molecule has 0 aliphatic heterocycles. The highest BCUT2D eigenvalue weighted by molar-refractivity contribution is 8.01. The van der Waals surface area contributed by atoms with Gasteiger partial charge in [0.2, 0.25) is 5.13 Å². The number of rotatable bonds is 7. The number of ether oxygens (including phenoxy) is 2. The van der Waals surface area contributed by atoms with E-state index in [-0.39, 0.29) is 44.1 Å². The Kier molecular flexibility index (Phi) is 7.76. The van der Waals surface area contributed by atoms with E-state index in [4.69, 9.17) is 21.1 Å². The average molecular weight is 583 g/mol. The third-order valence-electron chi connectivity index (χ3n) is 6.19. The number of methoxy groups -OCH3 is 2. The number of nitrogens with zero attached hydrogens (tertiary/aromatic N) is 5. The minimum Gasteiger partial charge on any atom is -0.494 e. The van der Waals surface area contributed by atoms with E-state index in [0.717, 1.165) is 17.5 Å². The van der Waals surface area contributed by atoms with Crippen molar-refractivity contribution in [2.75, 3.05) is 19.5 Å². The lowest BCUT2D eigenvalue weighted by Gasteiger charge is -2.17. The number of hydrogen-bond acceptors (Lipinski definition) is 10. The summed E-state index contributed by atoms with van der Waals surface area (Å²) in [6, 6.07) is 9.35. The first-order valence-corrected chi connectivity index (χ1v) is 13.6. The topological polar surface area (TPSA) is 123 Å². The van der Waals surface area contributed by atoms with Gasteiger partial charge in [0.25, 0.3) is 5.91 Å². The fraction of sp³-hybridized carbons (Fsp3) is 0.231. The van der Waals surface area contributed by atoms with Gasteiger partial charge in [0.05, 0.1) is 42.2 Å².